The van der Waals surface area contributed by atoms with Crippen LogP contribution in [0, 0.1) is 0 Å². The van der Waals surface area contributed by atoms with Crippen molar-refractivity contribution >= 4 is 28.8 Å². The Kier molecular flexibility index (Phi) is 5.05. The Morgan fingerprint density at radius 3 is 2.83 bits per heavy atom. The van der Waals surface area contributed by atoms with Gasteiger partial charge in [0.1, 0.15) is 0 Å². The zero-order chi connectivity index (χ0) is 16.1. The number of rotatable bonds is 6. The smallest absolute Gasteiger partial charge is 0.227 e. The van der Waals surface area contributed by atoms with Crippen LogP contribution >= 0.6 is 22.9 Å². The number of aryl methyl sites for hydroxylation is 1. The number of carbonyl (C=O) groups excluding carboxylic acids is 1. The highest BCUT2D eigenvalue weighted by atomic mass is 35.5. The van der Waals surface area contributed by atoms with E-state index in [9.17, 15) is 4.79 Å². The molecule has 1 amide bonds. The molecule has 0 aliphatic heterocycles. The van der Waals surface area contributed by atoms with Crippen molar-refractivity contribution in [1.29, 1.82) is 0 Å². The molecule has 3 aromatic rings. The Morgan fingerprint density at radius 1 is 1.26 bits per heavy atom. The van der Waals surface area contributed by atoms with Gasteiger partial charge in [0, 0.05) is 35.4 Å². The molecule has 0 atom stereocenters. The maximum atomic E-state index is 11.9. The van der Waals surface area contributed by atoms with Crippen LogP contribution in [0.1, 0.15) is 17.9 Å². The number of hydrogen-bond donors (Lipinski definition) is 1. The fourth-order valence-corrected chi connectivity index (χ4v) is 2.74. The first-order chi connectivity index (χ1) is 11.2. The Hall–Kier alpha value is -2.18. The number of hydrogen-bond acceptors (Lipinski definition) is 5. The first-order valence-electron chi connectivity index (χ1n) is 7.07. The number of amides is 1. The number of halogens is 1. The molecule has 0 spiro atoms. The van der Waals surface area contributed by atoms with Crippen LogP contribution in [-0.2, 0) is 17.8 Å². The van der Waals surface area contributed by atoms with Gasteiger partial charge in [-0.1, -0.05) is 28.9 Å². The summed E-state index contributed by atoms with van der Waals surface area (Å²) in [6.45, 7) is 0.472. The largest absolute Gasteiger partial charge is 0.352 e. The van der Waals surface area contributed by atoms with E-state index in [0.29, 0.717) is 36.1 Å². The molecule has 0 radical (unpaired) electrons. The summed E-state index contributed by atoms with van der Waals surface area (Å²) >= 11 is 7.39. The van der Waals surface area contributed by atoms with E-state index in [1.165, 1.54) is 0 Å². The molecule has 7 heteroatoms. The summed E-state index contributed by atoms with van der Waals surface area (Å²) < 4.78 is 5.16. The Balaban J connectivity index is 1.46. The van der Waals surface area contributed by atoms with Crippen molar-refractivity contribution in [1.82, 2.24) is 15.5 Å². The summed E-state index contributed by atoms with van der Waals surface area (Å²) in [6, 6.07) is 9.29. The lowest BCUT2D eigenvalue weighted by atomic mass is 10.2. The minimum absolute atomic E-state index is 0.0600. The van der Waals surface area contributed by atoms with Crippen molar-refractivity contribution in [3.8, 4) is 11.4 Å². The minimum Gasteiger partial charge on any atom is -0.352 e. The third-order valence-corrected chi connectivity index (χ3v) is 4.15. The van der Waals surface area contributed by atoms with Crippen molar-refractivity contribution in [2.45, 2.75) is 19.4 Å². The molecule has 2 heterocycles. The van der Waals surface area contributed by atoms with Gasteiger partial charge in [-0.05, 0) is 29.1 Å². The highest BCUT2D eigenvalue weighted by Crippen LogP contribution is 2.19. The maximum absolute atomic E-state index is 11.9. The lowest BCUT2D eigenvalue weighted by molar-refractivity contribution is -0.121. The predicted octanol–water partition coefficient (Wildman–Crippen LogP) is 3.70. The van der Waals surface area contributed by atoms with Crippen LogP contribution in [-0.4, -0.2) is 16.0 Å². The number of carbonyl (C=O) groups is 1. The van der Waals surface area contributed by atoms with Crippen molar-refractivity contribution in [3.63, 3.8) is 0 Å². The molecule has 23 heavy (non-hydrogen) atoms. The van der Waals surface area contributed by atoms with E-state index in [1.54, 1.807) is 23.5 Å². The summed E-state index contributed by atoms with van der Waals surface area (Å²) in [4.78, 5) is 16.2. The summed E-state index contributed by atoms with van der Waals surface area (Å²) in [6.07, 6.45) is 0.725. The second kappa shape index (κ2) is 7.39. The first kappa shape index (κ1) is 15.7. The van der Waals surface area contributed by atoms with Crippen LogP contribution in [0.15, 0.2) is 45.6 Å². The van der Waals surface area contributed by atoms with Gasteiger partial charge in [-0.25, -0.2) is 0 Å². The second-order valence-corrected chi connectivity index (χ2v) is 6.14. The van der Waals surface area contributed by atoms with Crippen molar-refractivity contribution in [2.24, 2.45) is 0 Å². The van der Waals surface area contributed by atoms with E-state index in [1.807, 2.05) is 29.0 Å². The van der Waals surface area contributed by atoms with Crippen molar-refractivity contribution in [2.75, 3.05) is 0 Å². The fraction of sp³-hybridized carbons (Fsp3) is 0.188. The molecule has 1 N–H and O–H groups in total. The molecule has 0 aliphatic rings. The van der Waals surface area contributed by atoms with E-state index in [0.717, 1.165) is 11.1 Å². The zero-order valence-electron chi connectivity index (χ0n) is 12.2. The van der Waals surface area contributed by atoms with Gasteiger partial charge in [0.15, 0.2) is 0 Å². The average molecular weight is 348 g/mol. The monoisotopic (exact) mass is 347 g/mol. The Morgan fingerprint density at radius 2 is 2.09 bits per heavy atom. The standard InChI is InChI=1S/C16H14ClN3O2S/c17-13-3-1-11(2-4-13)9-18-14(21)5-6-15-19-16(20-22-15)12-7-8-23-10-12/h1-4,7-8,10H,5-6,9H2,(H,18,21). The van der Waals surface area contributed by atoms with Crippen molar-refractivity contribution in [3.05, 3.63) is 57.6 Å². The van der Waals surface area contributed by atoms with E-state index >= 15 is 0 Å². The molecular formula is C16H14ClN3O2S. The van der Waals surface area contributed by atoms with E-state index in [-0.39, 0.29) is 5.91 Å². The molecule has 0 unspecified atom stereocenters. The van der Waals surface area contributed by atoms with Gasteiger partial charge in [-0.15, -0.1) is 0 Å². The van der Waals surface area contributed by atoms with Crippen LogP contribution in [0.3, 0.4) is 0 Å². The van der Waals surface area contributed by atoms with Gasteiger partial charge in [0.05, 0.1) is 0 Å². The first-order valence-corrected chi connectivity index (χ1v) is 8.39. The second-order valence-electron chi connectivity index (χ2n) is 4.93. The summed E-state index contributed by atoms with van der Waals surface area (Å²) in [5.41, 5.74) is 1.93. The summed E-state index contributed by atoms with van der Waals surface area (Å²) in [5.74, 6) is 0.964. The molecule has 0 saturated heterocycles. The number of aromatic nitrogens is 2. The topological polar surface area (TPSA) is 68.0 Å². The molecule has 5 nitrogen and oxygen atoms in total. The average Bonchev–Trinajstić information content (AvgIpc) is 3.23. The van der Waals surface area contributed by atoms with Crippen LogP contribution in [0.5, 0.6) is 0 Å². The molecular weight excluding hydrogens is 334 g/mol. The number of benzene rings is 1. The molecule has 1 aromatic carbocycles. The van der Waals surface area contributed by atoms with Crippen LogP contribution in [0.25, 0.3) is 11.4 Å². The highest BCUT2D eigenvalue weighted by molar-refractivity contribution is 7.08. The number of nitrogens with zero attached hydrogens (tertiary/aromatic N) is 2. The molecule has 0 fully saturated rings. The summed E-state index contributed by atoms with van der Waals surface area (Å²) in [7, 11) is 0. The van der Waals surface area contributed by atoms with Crippen molar-refractivity contribution < 1.29 is 9.32 Å². The van der Waals surface area contributed by atoms with Crippen LogP contribution < -0.4 is 5.32 Å². The molecule has 0 bridgehead atoms. The molecule has 3 rings (SSSR count). The Bertz CT molecular complexity index is 769. The van der Waals surface area contributed by atoms with Gasteiger partial charge in [0.25, 0.3) is 0 Å². The molecule has 118 valence electrons. The number of nitrogens with one attached hydrogen (secondary N) is 1. The SMILES string of the molecule is O=C(CCc1nc(-c2ccsc2)no1)NCc1ccc(Cl)cc1. The molecule has 0 saturated carbocycles. The normalized spacial score (nSPS) is 10.7. The third-order valence-electron chi connectivity index (χ3n) is 3.22. The van der Waals surface area contributed by atoms with Gasteiger partial charge in [-0.2, -0.15) is 16.3 Å². The van der Waals surface area contributed by atoms with Gasteiger partial charge in [-0.3, -0.25) is 4.79 Å². The Labute approximate surface area is 142 Å². The van der Waals surface area contributed by atoms with E-state index in [2.05, 4.69) is 15.5 Å². The molecule has 0 aliphatic carbocycles. The van der Waals surface area contributed by atoms with Crippen LogP contribution in [0.2, 0.25) is 5.02 Å². The molecule has 2 aromatic heterocycles. The van der Waals surface area contributed by atoms with E-state index in [4.69, 9.17) is 16.1 Å². The third kappa shape index (κ3) is 4.40. The fourth-order valence-electron chi connectivity index (χ4n) is 1.98. The highest BCUT2D eigenvalue weighted by Gasteiger charge is 2.10. The maximum Gasteiger partial charge on any atom is 0.227 e. The van der Waals surface area contributed by atoms with Gasteiger partial charge < -0.3 is 9.84 Å². The minimum atomic E-state index is -0.0600. The van der Waals surface area contributed by atoms with Crippen LogP contribution in [0.4, 0.5) is 0 Å². The zero-order valence-corrected chi connectivity index (χ0v) is 13.7. The predicted molar refractivity (Wildman–Crippen MR) is 89.2 cm³/mol. The summed E-state index contributed by atoms with van der Waals surface area (Å²) in [5, 5.41) is 11.4. The number of thiophene rings is 1. The van der Waals surface area contributed by atoms with E-state index < -0.39 is 0 Å². The quantitative estimate of drug-likeness (QED) is 0.738. The van der Waals surface area contributed by atoms with Gasteiger partial charge >= 0.3 is 0 Å². The lowest BCUT2D eigenvalue weighted by Crippen LogP contribution is -2.23. The lowest BCUT2D eigenvalue weighted by Gasteiger charge is -2.04. The van der Waals surface area contributed by atoms with Gasteiger partial charge in [0.2, 0.25) is 17.6 Å².